The van der Waals surface area contributed by atoms with Crippen LogP contribution >= 0.6 is 11.3 Å². The molecule has 0 atom stereocenters. The van der Waals surface area contributed by atoms with Gasteiger partial charge in [0, 0.05) is 0 Å². The minimum atomic E-state index is 0.301. The number of hydrogen-bond acceptors (Lipinski definition) is 1. The van der Waals surface area contributed by atoms with E-state index in [0.29, 0.717) is 59.8 Å². The molecule has 0 N–H and O–H groups in total. The van der Waals surface area contributed by atoms with E-state index in [1.165, 1.54) is 40.1 Å². The molecule has 0 unspecified atom stereocenters. The molecule has 186 valence electrons. The van der Waals surface area contributed by atoms with E-state index in [0.717, 1.165) is 0 Å². The van der Waals surface area contributed by atoms with Crippen molar-refractivity contribution in [2.24, 2.45) is 0 Å². The Morgan fingerprint density at radius 3 is 0.865 bits per heavy atom. The van der Waals surface area contributed by atoms with Gasteiger partial charge in [0.05, 0.1) is 0 Å². The van der Waals surface area contributed by atoms with Crippen LogP contribution in [0, 0.1) is 27.7 Å². The summed E-state index contributed by atoms with van der Waals surface area (Å²) in [5.74, 6) is 0. The van der Waals surface area contributed by atoms with E-state index in [1.807, 2.05) is 0 Å². The predicted molar refractivity (Wildman–Crippen MR) is 169 cm³/mol. The Balaban J connectivity index is 1.60. The monoisotopic (exact) mass is 764 g/mol. The molecule has 1 aromatic heterocycles. The Bertz CT molecular complexity index is 1350. The van der Waals surface area contributed by atoms with Gasteiger partial charge in [-0.05, 0) is 0 Å². The Morgan fingerprint density at radius 1 is 0.351 bits per heavy atom. The summed E-state index contributed by atoms with van der Waals surface area (Å²) in [6, 6.07) is 36.9. The first-order valence-electron chi connectivity index (χ1n) is 12.1. The number of rotatable bonds is 8. The second kappa shape index (κ2) is 12.7. The van der Waals surface area contributed by atoms with Gasteiger partial charge in [-0.15, -0.1) is 0 Å². The van der Waals surface area contributed by atoms with Crippen molar-refractivity contribution in [2.75, 3.05) is 0 Å². The first-order valence-corrected chi connectivity index (χ1v) is 19.7. The van der Waals surface area contributed by atoms with E-state index < -0.39 is 0 Å². The molecule has 0 radical (unpaired) electrons. The van der Waals surface area contributed by atoms with Gasteiger partial charge in [-0.25, -0.2) is 0 Å². The molecule has 0 bridgehead atoms. The van der Waals surface area contributed by atoms with E-state index in [9.17, 15) is 0 Å². The number of benzene rings is 4. The van der Waals surface area contributed by atoms with Gasteiger partial charge in [0.15, 0.2) is 0 Å². The molecule has 1 heterocycles. The Hall–Kier alpha value is -1.34. The molecular weight excluding hydrogens is 732 g/mol. The first kappa shape index (κ1) is 27.2. The van der Waals surface area contributed by atoms with Crippen LogP contribution in [0.25, 0.3) is 0 Å². The van der Waals surface area contributed by atoms with Gasteiger partial charge < -0.3 is 0 Å². The summed E-state index contributed by atoms with van der Waals surface area (Å²) < 4.78 is 12.5. The average molecular weight is 760 g/mol. The van der Waals surface area contributed by atoms with Gasteiger partial charge in [-0.3, -0.25) is 0 Å². The molecule has 5 rings (SSSR count). The molecule has 0 amide bonds. The Morgan fingerprint density at radius 2 is 0.595 bits per heavy atom. The summed E-state index contributed by atoms with van der Waals surface area (Å²) in [6.45, 7) is 8.72. The van der Waals surface area contributed by atoms with Crippen LogP contribution in [0.15, 0.2) is 97.1 Å². The number of thiophene rings is 1. The van der Waals surface area contributed by atoms with E-state index in [4.69, 9.17) is 0 Å². The van der Waals surface area contributed by atoms with Crippen molar-refractivity contribution in [1.29, 1.82) is 0 Å². The molecular formula is C32H28SSe4. The van der Waals surface area contributed by atoms with E-state index >= 15 is 0 Å². The van der Waals surface area contributed by atoms with Crippen molar-refractivity contribution in [3.05, 3.63) is 119 Å². The molecule has 0 aliphatic rings. The van der Waals surface area contributed by atoms with Gasteiger partial charge in [-0.1, -0.05) is 0 Å². The van der Waals surface area contributed by atoms with Crippen LogP contribution in [0.1, 0.15) is 22.3 Å². The zero-order valence-corrected chi connectivity index (χ0v) is 28.9. The van der Waals surface area contributed by atoms with Crippen molar-refractivity contribution in [1.82, 2.24) is 0 Å². The molecule has 5 aromatic rings. The van der Waals surface area contributed by atoms with Crippen molar-refractivity contribution in [3.8, 4) is 0 Å². The molecule has 0 aliphatic carbocycles. The van der Waals surface area contributed by atoms with Crippen LogP contribution in [0.4, 0.5) is 0 Å². The third kappa shape index (κ3) is 7.40. The molecule has 0 aliphatic heterocycles. The average Bonchev–Trinajstić information content (AvgIpc) is 3.19. The molecule has 4 aromatic carbocycles. The second-order valence-electron chi connectivity index (χ2n) is 9.00. The SMILES string of the molecule is Cc1ccc([Se]c2sc([Se]c3ccc(C)cc3)c([Se]c3ccc(C)cc3)c2[Se]c2ccc(C)cc2)cc1. The topological polar surface area (TPSA) is 0 Å². The third-order valence-corrected chi connectivity index (χ3v) is 19.4. The third-order valence-electron chi connectivity index (χ3n) is 5.71. The van der Waals surface area contributed by atoms with Crippen LogP contribution in [-0.4, -0.2) is 59.8 Å². The van der Waals surface area contributed by atoms with Gasteiger partial charge >= 0.3 is 252 Å². The molecule has 0 saturated carbocycles. The summed E-state index contributed by atoms with van der Waals surface area (Å²) in [5, 5.41) is 0. The molecule has 0 nitrogen and oxygen atoms in total. The van der Waals surface area contributed by atoms with E-state index in [-0.39, 0.29) is 0 Å². The van der Waals surface area contributed by atoms with Crippen molar-refractivity contribution < 1.29 is 0 Å². The summed E-state index contributed by atoms with van der Waals surface area (Å²) >= 11 is 3.36. The standard InChI is InChI=1S/C32H28SSe4/c1-21-5-13-25(14-6-21)34-29-30(35-26-15-7-22(2)8-16-26)32(37-28-19-11-24(4)12-20-28)33-31(29)36-27-17-9-23(3)10-18-27/h5-20H,1-4H3. The van der Waals surface area contributed by atoms with Crippen LogP contribution in [0.2, 0.25) is 0 Å². The van der Waals surface area contributed by atoms with Crippen LogP contribution in [0.5, 0.6) is 0 Å². The van der Waals surface area contributed by atoms with E-state index in [1.54, 1.807) is 16.5 Å². The molecule has 0 fully saturated rings. The zero-order valence-electron chi connectivity index (χ0n) is 21.3. The summed E-state index contributed by atoms with van der Waals surface area (Å²) in [6.07, 6.45) is 0. The molecule has 5 heteroatoms. The summed E-state index contributed by atoms with van der Waals surface area (Å²) in [4.78, 5) is 0. The van der Waals surface area contributed by atoms with Crippen LogP contribution in [0.3, 0.4) is 0 Å². The Labute approximate surface area is 250 Å². The van der Waals surface area contributed by atoms with Gasteiger partial charge in [0.25, 0.3) is 0 Å². The van der Waals surface area contributed by atoms with Crippen molar-refractivity contribution >= 4 is 105 Å². The van der Waals surface area contributed by atoms with Crippen molar-refractivity contribution in [2.45, 2.75) is 27.7 Å². The maximum atomic E-state index is 2.35. The van der Waals surface area contributed by atoms with Gasteiger partial charge in [0.1, 0.15) is 0 Å². The first-order chi connectivity index (χ1) is 17.9. The van der Waals surface area contributed by atoms with Crippen LogP contribution in [-0.2, 0) is 0 Å². The summed E-state index contributed by atoms with van der Waals surface area (Å²) in [5.41, 5.74) is 5.34. The molecule has 37 heavy (non-hydrogen) atoms. The van der Waals surface area contributed by atoms with E-state index in [2.05, 4.69) is 136 Å². The van der Waals surface area contributed by atoms with Gasteiger partial charge in [-0.2, -0.15) is 0 Å². The number of hydrogen-bond donors (Lipinski definition) is 0. The fraction of sp³-hybridized carbons (Fsp3) is 0.125. The Kier molecular flexibility index (Phi) is 9.33. The normalized spacial score (nSPS) is 11.1. The zero-order chi connectivity index (χ0) is 25.8. The predicted octanol–water partition coefficient (Wildman–Crippen LogP) is 1.60. The van der Waals surface area contributed by atoms with Crippen molar-refractivity contribution in [3.63, 3.8) is 0 Å². The maximum absolute atomic E-state index is 2.35. The summed E-state index contributed by atoms with van der Waals surface area (Å²) in [7, 11) is 0. The quantitative estimate of drug-likeness (QED) is 0.211. The van der Waals surface area contributed by atoms with Crippen LogP contribution < -0.4 is 34.3 Å². The molecule has 0 spiro atoms. The fourth-order valence-corrected chi connectivity index (χ4v) is 18.4. The minimum absolute atomic E-state index is 0.301. The fourth-order valence-electron chi connectivity index (χ4n) is 3.55. The molecule has 0 saturated heterocycles. The number of aryl methyl sites for hydroxylation is 4. The second-order valence-corrected chi connectivity index (χ2v) is 20.3. The van der Waals surface area contributed by atoms with Gasteiger partial charge in [0.2, 0.25) is 0 Å².